The minimum absolute atomic E-state index is 0.349. The van der Waals surface area contributed by atoms with Crippen molar-refractivity contribution in [2.24, 2.45) is 0 Å². The highest BCUT2D eigenvalue weighted by Gasteiger charge is 2.07. The molecule has 0 amide bonds. The van der Waals surface area contributed by atoms with Gasteiger partial charge in [0.05, 0.1) is 4.88 Å². The van der Waals surface area contributed by atoms with Crippen molar-refractivity contribution in [1.29, 1.82) is 0 Å². The molecule has 3 N–H and O–H groups in total. The Morgan fingerprint density at radius 1 is 1.21 bits per heavy atom. The molecule has 2 aromatic heterocycles. The maximum absolute atomic E-state index is 5.61. The van der Waals surface area contributed by atoms with Gasteiger partial charge in [-0.1, -0.05) is 6.07 Å². The Morgan fingerprint density at radius 3 is 2.79 bits per heavy atom. The molecule has 3 aromatic rings. The largest absolute Gasteiger partial charge is 0.486 e. The highest BCUT2D eigenvalue weighted by atomic mass is 32.1. The lowest BCUT2D eigenvalue weighted by atomic mass is 10.3. The van der Waals surface area contributed by atoms with Gasteiger partial charge in [0.15, 0.2) is 11.6 Å². The van der Waals surface area contributed by atoms with E-state index in [1.165, 1.54) is 0 Å². The second-order valence-electron chi connectivity index (χ2n) is 3.94. The van der Waals surface area contributed by atoms with Crippen molar-refractivity contribution in [3.8, 4) is 16.5 Å². The van der Waals surface area contributed by atoms with Gasteiger partial charge in [0, 0.05) is 5.69 Å². The van der Waals surface area contributed by atoms with Gasteiger partial charge in [-0.2, -0.15) is 5.10 Å². The predicted octanol–water partition coefficient (Wildman–Crippen LogP) is 2.69. The first-order chi connectivity index (χ1) is 9.31. The van der Waals surface area contributed by atoms with Crippen LogP contribution in [0.25, 0.3) is 10.7 Å². The van der Waals surface area contributed by atoms with E-state index >= 15 is 0 Å². The molecular formula is C13H12N4OS. The lowest BCUT2D eigenvalue weighted by Gasteiger charge is -2.03. The van der Waals surface area contributed by atoms with Crippen LogP contribution in [0.4, 0.5) is 5.69 Å². The molecule has 0 bridgehead atoms. The van der Waals surface area contributed by atoms with E-state index in [1.807, 2.05) is 29.6 Å². The number of thiophene rings is 1. The molecule has 2 heterocycles. The SMILES string of the molecule is Nc1ccc(OCc2nc(-c3cccs3)n[nH]2)cc1. The number of H-pyrrole nitrogens is 1. The van der Waals surface area contributed by atoms with E-state index in [4.69, 9.17) is 10.5 Å². The minimum atomic E-state index is 0.349. The number of ether oxygens (including phenoxy) is 1. The molecule has 1 aromatic carbocycles. The number of hydrogen-bond donors (Lipinski definition) is 2. The molecule has 0 aliphatic carbocycles. The molecule has 0 spiro atoms. The smallest absolute Gasteiger partial charge is 0.191 e. The molecule has 0 aliphatic heterocycles. The van der Waals surface area contributed by atoms with Gasteiger partial charge in [-0.15, -0.1) is 11.3 Å². The Kier molecular flexibility index (Phi) is 3.16. The van der Waals surface area contributed by atoms with Gasteiger partial charge in [0.25, 0.3) is 0 Å². The number of nitrogen functional groups attached to an aromatic ring is 1. The molecule has 0 fully saturated rings. The Morgan fingerprint density at radius 2 is 2.05 bits per heavy atom. The van der Waals surface area contributed by atoms with Crippen LogP contribution in [0.5, 0.6) is 5.75 Å². The van der Waals surface area contributed by atoms with Gasteiger partial charge in [0.1, 0.15) is 12.4 Å². The molecule has 0 radical (unpaired) electrons. The van der Waals surface area contributed by atoms with Crippen LogP contribution in [-0.4, -0.2) is 15.2 Å². The maximum atomic E-state index is 5.61. The lowest BCUT2D eigenvalue weighted by molar-refractivity contribution is 0.296. The molecule has 5 nitrogen and oxygen atoms in total. The first-order valence-electron chi connectivity index (χ1n) is 5.75. The normalized spacial score (nSPS) is 10.5. The van der Waals surface area contributed by atoms with Crippen LogP contribution in [0, 0.1) is 0 Å². The molecule has 3 rings (SSSR count). The molecule has 0 saturated carbocycles. The molecular weight excluding hydrogens is 260 g/mol. The molecule has 96 valence electrons. The average molecular weight is 272 g/mol. The molecule has 0 atom stereocenters. The van der Waals surface area contributed by atoms with E-state index in [0.29, 0.717) is 23.9 Å². The van der Waals surface area contributed by atoms with Crippen molar-refractivity contribution < 1.29 is 4.74 Å². The first kappa shape index (κ1) is 11.7. The van der Waals surface area contributed by atoms with Gasteiger partial charge >= 0.3 is 0 Å². The fourth-order valence-electron chi connectivity index (χ4n) is 1.59. The van der Waals surface area contributed by atoms with E-state index in [0.717, 1.165) is 10.6 Å². The van der Waals surface area contributed by atoms with Crippen LogP contribution in [0.2, 0.25) is 0 Å². The van der Waals surface area contributed by atoms with E-state index in [-0.39, 0.29) is 0 Å². The van der Waals surface area contributed by atoms with Crippen LogP contribution in [0.1, 0.15) is 5.82 Å². The molecule has 0 saturated heterocycles. The van der Waals surface area contributed by atoms with Crippen LogP contribution in [0.3, 0.4) is 0 Å². The second kappa shape index (κ2) is 5.11. The summed E-state index contributed by atoms with van der Waals surface area (Å²) in [7, 11) is 0. The Bertz CT molecular complexity index is 646. The van der Waals surface area contributed by atoms with Crippen molar-refractivity contribution in [1.82, 2.24) is 15.2 Å². The minimum Gasteiger partial charge on any atom is -0.486 e. The zero-order chi connectivity index (χ0) is 13.1. The van der Waals surface area contributed by atoms with E-state index in [2.05, 4.69) is 15.2 Å². The molecule has 19 heavy (non-hydrogen) atoms. The number of nitrogens with one attached hydrogen (secondary N) is 1. The first-order valence-corrected chi connectivity index (χ1v) is 6.63. The molecule has 0 unspecified atom stereocenters. The highest BCUT2D eigenvalue weighted by Crippen LogP contribution is 2.20. The number of hydrogen-bond acceptors (Lipinski definition) is 5. The number of aromatic amines is 1. The third kappa shape index (κ3) is 2.74. The summed E-state index contributed by atoms with van der Waals surface area (Å²) >= 11 is 1.61. The highest BCUT2D eigenvalue weighted by molar-refractivity contribution is 7.13. The fourth-order valence-corrected chi connectivity index (χ4v) is 2.25. The zero-order valence-corrected chi connectivity index (χ0v) is 10.9. The predicted molar refractivity (Wildman–Crippen MR) is 74.9 cm³/mol. The number of aromatic nitrogens is 3. The number of nitrogens with two attached hydrogens (primary N) is 1. The second-order valence-corrected chi connectivity index (χ2v) is 4.89. The van der Waals surface area contributed by atoms with E-state index in [1.54, 1.807) is 23.5 Å². The topological polar surface area (TPSA) is 76.8 Å². The van der Waals surface area contributed by atoms with E-state index < -0.39 is 0 Å². The summed E-state index contributed by atoms with van der Waals surface area (Å²) in [5, 5.41) is 9.03. The summed E-state index contributed by atoms with van der Waals surface area (Å²) in [6.45, 7) is 0.349. The summed E-state index contributed by atoms with van der Waals surface area (Å²) in [5.41, 5.74) is 6.32. The summed E-state index contributed by atoms with van der Waals surface area (Å²) in [4.78, 5) is 5.42. The van der Waals surface area contributed by atoms with Crippen molar-refractivity contribution >= 4 is 17.0 Å². The number of rotatable bonds is 4. The number of anilines is 1. The number of benzene rings is 1. The summed E-state index contributed by atoms with van der Waals surface area (Å²) in [6, 6.07) is 11.2. The summed E-state index contributed by atoms with van der Waals surface area (Å²) in [5.74, 6) is 2.15. The molecule has 0 aliphatic rings. The van der Waals surface area contributed by atoms with Gasteiger partial charge in [0.2, 0.25) is 0 Å². The quantitative estimate of drug-likeness (QED) is 0.716. The fraction of sp³-hybridized carbons (Fsp3) is 0.0769. The van der Waals surface area contributed by atoms with E-state index in [9.17, 15) is 0 Å². The van der Waals surface area contributed by atoms with Crippen LogP contribution >= 0.6 is 11.3 Å². The van der Waals surface area contributed by atoms with Crippen LogP contribution in [-0.2, 0) is 6.61 Å². The Balaban J connectivity index is 1.66. The monoisotopic (exact) mass is 272 g/mol. The standard InChI is InChI=1S/C13H12N4OS/c14-9-3-5-10(6-4-9)18-8-12-15-13(17-16-12)11-2-1-7-19-11/h1-7H,8,14H2,(H,15,16,17). The Labute approximate surface area is 114 Å². The van der Waals surface area contributed by atoms with Gasteiger partial charge in [-0.25, -0.2) is 4.98 Å². The van der Waals surface area contributed by atoms with Gasteiger partial charge in [-0.3, -0.25) is 5.10 Å². The third-order valence-corrected chi connectivity index (χ3v) is 3.39. The van der Waals surface area contributed by atoms with Crippen molar-refractivity contribution in [2.45, 2.75) is 6.61 Å². The lowest BCUT2D eigenvalue weighted by Crippen LogP contribution is -1.97. The summed E-state index contributed by atoms with van der Waals surface area (Å²) < 4.78 is 5.59. The Hall–Kier alpha value is -2.34. The maximum Gasteiger partial charge on any atom is 0.191 e. The van der Waals surface area contributed by atoms with Crippen molar-refractivity contribution in [3.63, 3.8) is 0 Å². The van der Waals surface area contributed by atoms with Crippen molar-refractivity contribution in [3.05, 3.63) is 47.6 Å². The van der Waals surface area contributed by atoms with Gasteiger partial charge in [-0.05, 0) is 35.7 Å². The van der Waals surface area contributed by atoms with Crippen LogP contribution < -0.4 is 10.5 Å². The van der Waals surface area contributed by atoms with Crippen LogP contribution in [0.15, 0.2) is 41.8 Å². The van der Waals surface area contributed by atoms with Crippen molar-refractivity contribution in [2.75, 3.05) is 5.73 Å². The third-order valence-electron chi connectivity index (χ3n) is 2.53. The summed E-state index contributed by atoms with van der Waals surface area (Å²) in [6.07, 6.45) is 0. The molecule has 6 heteroatoms. The average Bonchev–Trinajstić information content (AvgIpc) is 3.09. The number of nitrogens with zero attached hydrogens (tertiary/aromatic N) is 2. The zero-order valence-electron chi connectivity index (χ0n) is 10.0. The van der Waals surface area contributed by atoms with Gasteiger partial charge < -0.3 is 10.5 Å².